The third-order valence-corrected chi connectivity index (χ3v) is 1.93. The van der Waals surface area contributed by atoms with Gasteiger partial charge < -0.3 is 15.7 Å². The largest absolute Gasteiger partial charge is 0.309 e. The summed E-state index contributed by atoms with van der Waals surface area (Å²) in [5.41, 5.74) is 0.110. The van der Waals surface area contributed by atoms with Crippen molar-refractivity contribution < 1.29 is 4.79 Å². The van der Waals surface area contributed by atoms with Crippen molar-refractivity contribution >= 4 is 29.6 Å². The molecule has 88 valence electrons. The van der Waals surface area contributed by atoms with Gasteiger partial charge >= 0.3 is 0 Å². The minimum atomic E-state index is -0.397. The quantitative estimate of drug-likeness (QED) is 0.658. The number of nitrogens with zero attached hydrogens (tertiary/aromatic N) is 1. The Morgan fingerprint density at radius 2 is 1.73 bits per heavy atom. The lowest BCUT2D eigenvalue weighted by molar-refractivity contribution is -0.107. The number of ketones is 1. The molecule has 0 aromatic heterocycles. The van der Waals surface area contributed by atoms with Crippen molar-refractivity contribution in [2.45, 2.75) is 26.2 Å². The van der Waals surface area contributed by atoms with E-state index >= 15 is 0 Å². The Morgan fingerprint density at radius 3 is 2.13 bits per heavy atom. The van der Waals surface area contributed by atoms with Gasteiger partial charge in [0.15, 0.2) is 0 Å². The molecule has 0 unspecified atom stereocenters. The van der Waals surface area contributed by atoms with Gasteiger partial charge in [-0.2, -0.15) is 0 Å². The predicted molar refractivity (Wildman–Crippen MR) is 65.8 cm³/mol. The summed E-state index contributed by atoms with van der Waals surface area (Å²) in [7, 11) is 3.92. The van der Waals surface area contributed by atoms with Gasteiger partial charge in [0.2, 0.25) is 5.78 Å². The zero-order chi connectivity index (χ0) is 11.1. The maximum absolute atomic E-state index is 11.3. The van der Waals surface area contributed by atoms with Gasteiger partial charge in [0.05, 0.1) is 11.4 Å². The normalized spacial score (nSPS) is 9.60. The first-order chi connectivity index (χ1) is 6.49. The summed E-state index contributed by atoms with van der Waals surface area (Å²) in [5, 5.41) is 14.8. The number of hydrogen-bond acceptors (Lipinski definition) is 4. The Labute approximate surface area is 97.5 Å². The van der Waals surface area contributed by atoms with Crippen LogP contribution < -0.4 is 0 Å². The molecule has 0 aliphatic heterocycles. The minimum Gasteiger partial charge on any atom is -0.309 e. The van der Waals surface area contributed by atoms with Crippen LogP contribution in [0.2, 0.25) is 0 Å². The van der Waals surface area contributed by atoms with Crippen LogP contribution in [0.4, 0.5) is 0 Å². The molecule has 0 amide bonds. The van der Waals surface area contributed by atoms with Gasteiger partial charge in [0.1, 0.15) is 0 Å². The lowest BCUT2D eigenvalue weighted by Gasteiger charge is -2.08. The first-order valence-corrected chi connectivity index (χ1v) is 4.83. The van der Waals surface area contributed by atoms with Crippen molar-refractivity contribution in [2.24, 2.45) is 0 Å². The molecule has 0 aromatic carbocycles. The third kappa shape index (κ3) is 7.22. The number of nitrogens with one attached hydrogen (secondary N) is 2. The van der Waals surface area contributed by atoms with Gasteiger partial charge in [-0.15, -0.1) is 12.4 Å². The molecule has 0 aliphatic rings. The fourth-order valence-corrected chi connectivity index (χ4v) is 1.03. The van der Waals surface area contributed by atoms with Crippen LogP contribution in [0.25, 0.3) is 0 Å². The Kier molecular flexibility index (Phi) is 9.52. The molecule has 0 aliphatic carbocycles. The molecule has 15 heavy (non-hydrogen) atoms. The van der Waals surface area contributed by atoms with E-state index in [1.807, 2.05) is 19.0 Å². The average molecular weight is 234 g/mol. The zero-order valence-electron chi connectivity index (χ0n) is 9.59. The summed E-state index contributed by atoms with van der Waals surface area (Å²) < 4.78 is 0. The Bertz CT molecular complexity index is 239. The summed E-state index contributed by atoms with van der Waals surface area (Å²) in [6, 6.07) is 0. The lowest BCUT2D eigenvalue weighted by Crippen LogP contribution is -2.23. The Morgan fingerprint density at radius 1 is 1.20 bits per heavy atom. The van der Waals surface area contributed by atoms with E-state index in [9.17, 15) is 4.79 Å². The van der Waals surface area contributed by atoms with Crippen molar-refractivity contribution in [3.05, 3.63) is 0 Å². The molecule has 4 nitrogen and oxygen atoms in total. The highest BCUT2D eigenvalue weighted by Crippen LogP contribution is 1.97. The predicted octanol–water partition coefficient (Wildman–Crippen LogP) is 1.77. The molecule has 0 saturated carbocycles. The van der Waals surface area contributed by atoms with Crippen LogP contribution in [0.5, 0.6) is 0 Å². The molecule has 0 fully saturated rings. The van der Waals surface area contributed by atoms with Gasteiger partial charge in [0.25, 0.3) is 0 Å². The summed E-state index contributed by atoms with van der Waals surface area (Å²) in [6.45, 7) is 2.63. The van der Waals surface area contributed by atoms with Crippen molar-refractivity contribution in [3.8, 4) is 0 Å². The smallest absolute Gasteiger partial charge is 0.219 e. The number of carbonyl (C=O) groups excluding carboxylic acids is 1. The SMILES string of the molecule is CCC(=N)C(=O)C(=N)CCCN(C)C.Cl. The first kappa shape index (κ1) is 16.7. The van der Waals surface area contributed by atoms with Crippen LogP contribution in [0, 0.1) is 10.8 Å². The van der Waals surface area contributed by atoms with Gasteiger partial charge in [-0.05, 0) is 39.9 Å². The monoisotopic (exact) mass is 233 g/mol. The van der Waals surface area contributed by atoms with Gasteiger partial charge in [-0.1, -0.05) is 6.92 Å². The maximum atomic E-state index is 11.3. The molecule has 5 heteroatoms. The molecule has 0 saturated heterocycles. The van der Waals surface area contributed by atoms with Gasteiger partial charge in [-0.25, -0.2) is 0 Å². The summed E-state index contributed by atoms with van der Waals surface area (Å²) in [6.07, 6.45) is 1.68. The van der Waals surface area contributed by atoms with E-state index in [2.05, 4.69) is 0 Å². The van der Waals surface area contributed by atoms with E-state index in [0.717, 1.165) is 13.0 Å². The fourth-order valence-electron chi connectivity index (χ4n) is 1.03. The number of Topliss-reactive ketones (excluding diaryl/α,β-unsaturated/α-hetero) is 1. The molecular weight excluding hydrogens is 214 g/mol. The summed E-state index contributed by atoms with van der Waals surface area (Å²) >= 11 is 0. The highest BCUT2D eigenvalue weighted by atomic mass is 35.5. The van der Waals surface area contributed by atoms with Crippen LogP contribution in [0.1, 0.15) is 26.2 Å². The van der Waals surface area contributed by atoms with Crippen LogP contribution in [0.15, 0.2) is 0 Å². The van der Waals surface area contributed by atoms with E-state index < -0.39 is 5.78 Å². The molecule has 2 N–H and O–H groups in total. The maximum Gasteiger partial charge on any atom is 0.219 e. The number of carbonyl (C=O) groups is 1. The van der Waals surface area contributed by atoms with E-state index in [0.29, 0.717) is 12.8 Å². The molecule has 0 radical (unpaired) electrons. The van der Waals surface area contributed by atoms with Crippen molar-refractivity contribution in [3.63, 3.8) is 0 Å². The van der Waals surface area contributed by atoms with E-state index in [-0.39, 0.29) is 23.8 Å². The molecule has 0 spiro atoms. The highest BCUT2D eigenvalue weighted by Gasteiger charge is 2.12. The fraction of sp³-hybridized carbons (Fsp3) is 0.700. The summed E-state index contributed by atoms with van der Waals surface area (Å²) in [4.78, 5) is 13.3. The van der Waals surface area contributed by atoms with Crippen LogP contribution >= 0.6 is 12.4 Å². The van der Waals surface area contributed by atoms with Crippen molar-refractivity contribution in [2.75, 3.05) is 20.6 Å². The molecule has 0 bridgehead atoms. The minimum absolute atomic E-state index is 0. The second kappa shape index (κ2) is 8.56. The lowest BCUT2D eigenvalue weighted by atomic mass is 10.1. The molecule has 0 aromatic rings. The number of hydrogen-bond donors (Lipinski definition) is 2. The van der Waals surface area contributed by atoms with Crippen molar-refractivity contribution in [1.29, 1.82) is 10.8 Å². The Hall–Kier alpha value is -0.740. The number of rotatable bonds is 7. The molecular formula is C10H20ClN3O. The second-order valence-electron chi connectivity index (χ2n) is 3.55. The van der Waals surface area contributed by atoms with E-state index in [1.165, 1.54) is 0 Å². The van der Waals surface area contributed by atoms with Crippen LogP contribution in [-0.2, 0) is 4.79 Å². The highest BCUT2D eigenvalue weighted by molar-refractivity contribution is 6.65. The van der Waals surface area contributed by atoms with Gasteiger partial charge in [0, 0.05) is 0 Å². The van der Waals surface area contributed by atoms with Gasteiger partial charge in [-0.3, -0.25) is 4.79 Å². The summed E-state index contributed by atoms with van der Waals surface area (Å²) in [5.74, 6) is -0.397. The van der Waals surface area contributed by atoms with E-state index in [1.54, 1.807) is 6.92 Å². The first-order valence-electron chi connectivity index (χ1n) is 4.83. The number of halogens is 1. The topological polar surface area (TPSA) is 68.0 Å². The van der Waals surface area contributed by atoms with Crippen molar-refractivity contribution in [1.82, 2.24) is 4.90 Å². The van der Waals surface area contributed by atoms with Crippen LogP contribution in [-0.4, -0.2) is 42.7 Å². The Balaban J connectivity index is 0. The van der Waals surface area contributed by atoms with E-state index in [4.69, 9.17) is 10.8 Å². The van der Waals surface area contributed by atoms with Crippen LogP contribution in [0.3, 0.4) is 0 Å². The zero-order valence-corrected chi connectivity index (χ0v) is 10.4. The molecule has 0 atom stereocenters. The average Bonchev–Trinajstić information content (AvgIpc) is 2.14. The molecule has 0 heterocycles. The third-order valence-electron chi connectivity index (χ3n) is 1.93. The standard InChI is InChI=1S/C10H19N3O.ClH/c1-4-8(11)10(14)9(12)6-5-7-13(2)3;/h11-12H,4-7H2,1-3H3;1H. The molecule has 0 rings (SSSR count). The second-order valence-corrected chi connectivity index (χ2v) is 3.55.